The number of pyridine rings is 1. The van der Waals surface area contributed by atoms with Crippen molar-refractivity contribution in [2.24, 2.45) is 5.92 Å². The zero-order chi connectivity index (χ0) is 15.5. The molecule has 3 rings (SSSR count). The predicted molar refractivity (Wildman–Crippen MR) is 79.7 cm³/mol. The molecule has 1 fully saturated rings. The molecule has 1 aliphatic rings. The second kappa shape index (κ2) is 5.93. The summed E-state index contributed by atoms with van der Waals surface area (Å²) in [5.74, 6) is -1.47. The Balaban J connectivity index is 1.72. The lowest BCUT2D eigenvalue weighted by molar-refractivity contribution is -0.122. The van der Waals surface area contributed by atoms with Gasteiger partial charge in [0.05, 0.1) is 11.6 Å². The largest absolute Gasteiger partial charge is 0.326 e. The van der Waals surface area contributed by atoms with Crippen molar-refractivity contribution < 1.29 is 14.0 Å². The molecule has 5 nitrogen and oxygen atoms in total. The first-order valence-electron chi connectivity index (χ1n) is 6.91. The Morgan fingerprint density at radius 1 is 1.23 bits per heavy atom. The lowest BCUT2D eigenvalue weighted by Gasteiger charge is -2.17. The minimum absolute atomic E-state index is 0.0747. The van der Waals surface area contributed by atoms with Crippen LogP contribution in [0.25, 0.3) is 0 Å². The van der Waals surface area contributed by atoms with E-state index in [0.29, 0.717) is 5.69 Å². The number of anilines is 2. The molecule has 1 N–H and O–H groups in total. The van der Waals surface area contributed by atoms with Crippen molar-refractivity contribution in [1.82, 2.24) is 4.98 Å². The Kier molecular flexibility index (Phi) is 3.82. The minimum Gasteiger partial charge on any atom is -0.326 e. The maximum atomic E-state index is 13.8. The summed E-state index contributed by atoms with van der Waals surface area (Å²) in [5.41, 5.74) is 0.837. The van der Waals surface area contributed by atoms with E-state index in [1.807, 2.05) is 0 Å². The van der Waals surface area contributed by atoms with Gasteiger partial charge in [0.15, 0.2) is 0 Å². The number of amides is 2. The fourth-order valence-corrected chi connectivity index (χ4v) is 2.47. The van der Waals surface area contributed by atoms with E-state index in [4.69, 9.17) is 0 Å². The highest BCUT2D eigenvalue weighted by atomic mass is 19.1. The lowest BCUT2D eigenvalue weighted by Crippen LogP contribution is -2.28. The van der Waals surface area contributed by atoms with Gasteiger partial charge in [0.1, 0.15) is 5.82 Å². The molecule has 0 radical (unpaired) electrons. The summed E-state index contributed by atoms with van der Waals surface area (Å²) in [6.45, 7) is 0.177. The van der Waals surface area contributed by atoms with Crippen LogP contribution in [-0.2, 0) is 9.59 Å². The Bertz CT molecular complexity index is 706. The maximum absolute atomic E-state index is 13.8. The van der Waals surface area contributed by atoms with Crippen molar-refractivity contribution >= 4 is 23.2 Å². The predicted octanol–water partition coefficient (Wildman–Crippen LogP) is 2.21. The van der Waals surface area contributed by atoms with E-state index < -0.39 is 11.7 Å². The quantitative estimate of drug-likeness (QED) is 0.945. The summed E-state index contributed by atoms with van der Waals surface area (Å²) >= 11 is 0. The molecule has 22 heavy (non-hydrogen) atoms. The summed E-state index contributed by atoms with van der Waals surface area (Å²) in [6.07, 6.45) is 3.22. The Hall–Kier alpha value is -2.76. The van der Waals surface area contributed by atoms with Crippen molar-refractivity contribution in [3.05, 3.63) is 54.6 Å². The van der Waals surface area contributed by atoms with E-state index in [0.717, 1.165) is 0 Å². The van der Waals surface area contributed by atoms with Gasteiger partial charge in [-0.05, 0) is 24.3 Å². The molecule has 1 aliphatic heterocycles. The van der Waals surface area contributed by atoms with Crippen molar-refractivity contribution in [3.63, 3.8) is 0 Å². The smallest absolute Gasteiger partial charge is 0.229 e. The molecule has 0 bridgehead atoms. The number of nitrogens with one attached hydrogen (secondary N) is 1. The number of hydrogen-bond acceptors (Lipinski definition) is 3. The van der Waals surface area contributed by atoms with Crippen LogP contribution in [0.4, 0.5) is 15.8 Å². The van der Waals surface area contributed by atoms with Crippen LogP contribution in [0.3, 0.4) is 0 Å². The zero-order valence-corrected chi connectivity index (χ0v) is 11.7. The summed E-state index contributed by atoms with van der Waals surface area (Å²) in [5, 5.41) is 2.74. The van der Waals surface area contributed by atoms with Crippen molar-refractivity contribution in [2.75, 3.05) is 16.8 Å². The fourth-order valence-electron chi connectivity index (χ4n) is 2.47. The highest BCUT2D eigenvalue weighted by Crippen LogP contribution is 2.27. The Morgan fingerprint density at radius 2 is 1.95 bits per heavy atom. The minimum atomic E-state index is -0.500. The number of aromatic nitrogens is 1. The number of nitrogens with zero attached hydrogens (tertiary/aromatic N) is 2. The van der Waals surface area contributed by atoms with Gasteiger partial charge in [-0.15, -0.1) is 0 Å². The molecule has 6 heteroatoms. The van der Waals surface area contributed by atoms with Gasteiger partial charge < -0.3 is 10.2 Å². The van der Waals surface area contributed by atoms with Crippen LogP contribution in [0.1, 0.15) is 6.42 Å². The van der Waals surface area contributed by atoms with E-state index in [-0.39, 0.29) is 30.5 Å². The van der Waals surface area contributed by atoms with Crippen LogP contribution in [0, 0.1) is 11.7 Å². The number of halogens is 1. The summed E-state index contributed by atoms with van der Waals surface area (Å²) in [6, 6.07) is 9.40. The normalized spacial score (nSPS) is 17.6. The monoisotopic (exact) mass is 299 g/mol. The SMILES string of the molecule is O=C(Nc1ccncc1)[C@H]1CC(=O)N(c2ccccc2F)C1. The Labute approximate surface area is 126 Å². The van der Waals surface area contributed by atoms with Gasteiger partial charge in [-0.3, -0.25) is 14.6 Å². The molecule has 0 spiro atoms. The Morgan fingerprint density at radius 3 is 2.68 bits per heavy atom. The number of benzene rings is 1. The van der Waals surface area contributed by atoms with E-state index >= 15 is 0 Å². The summed E-state index contributed by atoms with van der Waals surface area (Å²) in [7, 11) is 0. The van der Waals surface area contributed by atoms with Crippen molar-refractivity contribution in [3.8, 4) is 0 Å². The average Bonchev–Trinajstić information content (AvgIpc) is 2.91. The van der Waals surface area contributed by atoms with Crippen LogP contribution < -0.4 is 10.2 Å². The van der Waals surface area contributed by atoms with Gasteiger partial charge in [0.2, 0.25) is 11.8 Å². The highest BCUT2D eigenvalue weighted by molar-refractivity contribution is 6.03. The van der Waals surface area contributed by atoms with E-state index in [1.54, 1.807) is 36.7 Å². The molecule has 2 aromatic rings. The molecular weight excluding hydrogens is 285 g/mol. The molecule has 2 amide bonds. The second-order valence-electron chi connectivity index (χ2n) is 5.08. The standard InChI is InChI=1S/C16H14FN3O2/c17-13-3-1-2-4-14(13)20-10-11(9-15(20)21)16(22)19-12-5-7-18-8-6-12/h1-8,11H,9-10H2,(H,18,19,22)/t11-/m0/s1. The molecule has 0 saturated carbocycles. The molecule has 1 aromatic carbocycles. The van der Waals surface area contributed by atoms with Crippen LogP contribution in [-0.4, -0.2) is 23.3 Å². The second-order valence-corrected chi connectivity index (χ2v) is 5.08. The number of rotatable bonds is 3. The van der Waals surface area contributed by atoms with E-state index in [9.17, 15) is 14.0 Å². The van der Waals surface area contributed by atoms with Crippen molar-refractivity contribution in [2.45, 2.75) is 6.42 Å². The molecule has 1 aromatic heterocycles. The first-order chi connectivity index (χ1) is 10.6. The van der Waals surface area contributed by atoms with Crippen LogP contribution >= 0.6 is 0 Å². The molecular formula is C16H14FN3O2. The third-order valence-electron chi connectivity index (χ3n) is 3.59. The number of carbonyl (C=O) groups is 2. The maximum Gasteiger partial charge on any atom is 0.229 e. The van der Waals surface area contributed by atoms with Crippen LogP contribution in [0.5, 0.6) is 0 Å². The fraction of sp³-hybridized carbons (Fsp3) is 0.188. The molecule has 112 valence electrons. The first-order valence-corrected chi connectivity index (χ1v) is 6.91. The third-order valence-corrected chi connectivity index (χ3v) is 3.59. The molecule has 1 saturated heterocycles. The summed E-state index contributed by atoms with van der Waals surface area (Å²) < 4.78 is 13.8. The number of para-hydroxylation sites is 1. The summed E-state index contributed by atoms with van der Waals surface area (Å²) in [4.78, 5) is 29.5. The average molecular weight is 299 g/mol. The van der Waals surface area contributed by atoms with Gasteiger partial charge >= 0.3 is 0 Å². The van der Waals surface area contributed by atoms with E-state index in [1.165, 1.54) is 17.0 Å². The highest BCUT2D eigenvalue weighted by Gasteiger charge is 2.36. The third kappa shape index (κ3) is 2.81. The molecule has 0 aliphatic carbocycles. The van der Waals surface area contributed by atoms with Gasteiger partial charge in [0, 0.05) is 31.0 Å². The van der Waals surface area contributed by atoms with Crippen LogP contribution in [0.2, 0.25) is 0 Å². The first kappa shape index (κ1) is 14.2. The van der Waals surface area contributed by atoms with Gasteiger partial charge in [-0.25, -0.2) is 4.39 Å². The number of hydrogen-bond donors (Lipinski definition) is 1. The van der Waals surface area contributed by atoms with Gasteiger partial charge in [-0.2, -0.15) is 0 Å². The lowest BCUT2D eigenvalue weighted by atomic mass is 10.1. The van der Waals surface area contributed by atoms with Crippen molar-refractivity contribution in [1.29, 1.82) is 0 Å². The van der Waals surface area contributed by atoms with E-state index in [2.05, 4.69) is 10.3 Å². The number of carbonyl (C=O) groups excluding carboxylic acids is 2. The zero-order valence-electron chi connectivity index (χ0n) is 11.7. The van der Waals surface area contributed by atoms with Gasteiger partial charge in [-0.1, -0.05) is 12.1 Å². The molecule has 2 heterocycles. The van der Waals surface area contributed by atoms with Crippen LogP contribution in [0.15, 0.2) is 48.8 Å². The molecule has 1 atom stereocenters. The van der Waals surface area contributed by atoms with Gasteiger partial charge in [0.25, 0.3) is 0 Å². The topological polar surface area (TPSA) is 62.3 Å². The molecule has 0 unspecified atom stereocenters.